The van der Waals surface area contributed by atoms with Crippen molar-refractivity contribution in [1.82, 2.24) is 14.9 Å². The number of nitrogens with one attached hydrogen (secondary N) is 2. The quantitative estimate of drug-likeness (QED) is 0.370. The summed E-state index contributed by atoms with van der Waals surface area (Å²) in [6.07, 6.45) is 5.73. The van der Waals surface area contributed by atoms with Crippen LogP contribution >= 0.6 is 0 Å². The molecule has 1 atom stereocenters. The van der Waals surface area contributed by atoms with E-state index in [-0.39, 0.29) is 11.9 Å². The fourth-order valence-corrected chi connectivity index (χ4v) is 5.35. The molecule has 3 aromatic rings. The van der Waals surface area contributed by atoms with Gasteiger partial charge >= 0.3 is 0 Å². The Bertz CT molecular complexity index is 1330. The molecule has 2 aromatic carbocycles. The van der Waals surface area contributed by atoms with Crippen LogP contribution in [0.15, 0.2) is 67.5 Å². The lowest BCUT2D eigenvalue weighted by Gasteiger charge is -2.37. The number of anilines is 5. The van der Waals surface area contributed by atoms with Gasteiger partial charge in [-0.15, -0.1) is 0 Å². The fraction of sp³-hybridized carbons (Fsp3) is 0.367. The summed E-state index contributed by atoms with van der Waals surface area (Å²) in [4.78, 5) is 31.8. The van der Waals surface area contributed by atoms with Gasteiger partial charge in [-0.3, -0.25) is 9.63 Å². The van der Waals surface area contributed by atoms with Crippen LogP contribution < -0.4 is 25.3 Å². The Morgan fingerprint density at radius 1 is 1.10 bits per heavy atom. The fourth-order valence-electron chi connectivity index (χ4n) is 5.35. The van der Waals surface area contributed by atoms with Gasteiger partial charge in [0.15, 0.2) is 5.82 Å². The zero-order chi connectivity index (χ0) is 28.1. The molecule has 3 heterocycles. The summed E-state index contributed by atoms with van der Waals surface area (Å²) in [5, 5.41) is 8.19. The van der Waals surface area contributed by atoms with Crippen molar-refractivity contribution in [2.75, 3.05) is 61.5 Å². The van der Waals surface area contributed by atoms with Gasteiger partial charge in [-0.1, -0.05) is 36.9 Å². The molecule has 2 aliphatic rings. The summed E-state index contributed by atoms with van der Waals surface area (Å²) in [5.74, 6) is 1.60. The minimum atomic E-state index is -0.275. The first-order valence-corrected chi connectivity index (χ1v) is 13.6. The number of nitrogens with zero attached hydrogens (tertiary/aromatic N) is 5. The summed E-state index contributed by atoms with van der Waals surface area (Å²) < 4.78 is 5.79. The van der Waals surface area contributed by atoms with E-state index in [0.717, 1.165) is 38.0 Å². The first kappa shape index (κ1) is 27.4. The highest BCUT2D eigenvalue weighted by atomic mass is 16.7. The summed E-state index contributed by atoms with van der Waals surface area (Å²) in [5.41, 5.74) is 3.43. The number of piperidine rings is 1. The summed E-state index contributed by atoms with van der Waals surface area (Å²) in [7, 11) is 5.88. The number of hydrogen-bond acceptors (Lipinski definition) is 9. The zero-order valence-electron chi connectivity index (χ0n) is 23.3. The largest absolute Gasteiger partial charge is 0.494 e. The second-order valence-electron chi connectivity index (χ2n) is 10.2. The van der Waals surface area contributed by atoms with E-state index in [2.05, 4.69) is 63.2 Å². The van der Waals surface area contributed by atoms with Crippen LogP contribution in [0, 0.1) is 0 Å². The molecule has 0 saturated carbocycles. The molecule has 2 saturated heterocycles. The first-order valence-electron chi connectivity index (χ1n) is 13.6. The van der Waals surface area contributed by atoms with Gasteiger partial charge in [-0.25, -0.2) is 15.0 Å². The molecule has 210 valence electrons. The van der Waals surface area contributed by atoms with Crippen LogP contribution in [0.4, 0.5) is 28.7 Å². The first-order chi connectivity index (χ1) is 19.5. The van der Waals surface area contributed by atoms with E-state index in [0.29, 0.717) is 41.4 Å². The Morgan fingerprint density at radius 2 is 1.88 bits per heavy atom. The van der Waals surface area contributed by atoms with E-state index in [1.165, 1.54) is 18.0 Å². The van der Waals surface area contributed by atoms with Gasteiger partial charge in [0.1, 0.15) is 17.9 Å². The highest BCUT2D eigenvalue weighted by Gasteiger charge is 2.29. The van der Waals surface area contributed by atoms with E-state index in [1.54, 1.807) is 7.11 Å². The molecule has 40 heavy (non-hydrogen) atoms. The van der Waals surface area contributed by atoms with Crippen molar-refractivity contribution >= 4 is 34.6 Å². The number of carbonyl (C=O) groups is 1. The molecule has 10 heteroatoms. The van der Waals surface area contributed by atoms with E-state index in [1.807, 2.05) is 41.5 Å². The van der Waals surface area contributed by atoms with Crippen LogP contribution in [0.25, 0.3) is 0 Å². The van der Waals surface area contributed by atoms with E-state index in [9.17, 15) is 4.79 Å². The Kier molecular flexibility index (Phi) is 8.47. The number of carbonyl (C=O) groups excluding carboxylic acids is 1. The Morgan fingerprint density at radius 3 is 2.58 bits per heavy atom. The maximum Gasteiger partial charge on any atom is 0.247 e. The smallest absolute Gasteiger partial charge is 0.247 e. The molecule has 0 aliphatic carbocycles. The van der Waals surface area contributed by atoms with Crippen LogP contribution in [-0.2, 0) is 9.63 Å². The van der Waals surface area contributed by atoms with Gasteiger partial charge in [-0.2, -0.15) is 0 Å². The lowest BCUT2D eigenvalue weighted by Crippen LogP contribution is -2.42. The Hall–Kier alpha value is -4.15. The summed E-state index contributed by atoms with van der Waals surface area (Å²) in [6, 6.07) is 16.6. The van der Waals surface area contributed by atoms with E-state index >= 15 is 0 Å². The van der Waals surface area contributed by atoms with Crippen molar-refractivity contribution in [2.24, 2.45) is 0 Å². The number of aromatic nitrogens is 2. The second-order valence-corrected chi connectivity index (χ2v) is 10.2. The third-order valence-electron chi connectivity index (χ3n) is 7.53. The van der Waals surface area contributed by atoms with Crippen molar-refractivity contribution in [2.45, 2.75) is 31.3 Å². The van der Waals surface area contributed by atoms with E-state index < -0.39 is 0 Å². The highest BCUT2D eigenvalue weighted by Crippen LogP contribution is 2.40. The van der Waals surface area contributed by atoms with Crippen molar-refractivity contribution in [3.63, 3.8) is 0 Å². The van der Waals surface area contributed by atoms with Crippen LogP contribution in [0.2, 0.25) is 0 Å². The summed E-state index contributed by atoms with van der Waals surface area (Å²) in [6.45, 7) is 5.99. The predicted molar refractivity (Wildman–Crippen MR) is 158 cm³/mol. The molecule has 2 N–H and O–H groups in total. The number of methoxy groups -OCH3 is 1. The normalized spacial score (nSPS) is 17.6. The SMILES string of the molecule is C=CC(=O)Nc1cc(Nc2cc(N3OCC[C@@H]3c3ccccc3)ncn2)c(OC)cc1N1CCC(N(C)C)CC1. The molecule has 0 unspecified atom stereocenters. The molecule has 0 bridgehead atoms. The van der Waals surface area contributed by atoms with Gasteiger partial charge in [0.2, 0.25) is 5.91 Å². The number of hydroxylamine groups is 1. The third-order valence-corrected chi connectivity index (χ3v) is 7.53. The number of rotatable bonds is 9. The Balaban J connectivity index is 1.42. The van der Waals surface area contributed by atoms with Crippen molar-refractivity contribution in [1.29, 1.82) is 0 Å². The number of ether oxygens (including phenoxy) is 1. The number of amides is 1. The molecular weight excluding hydrogens is 506 g/mol. The van der Waals surface area contributed by atoms with Gasteiger partial charge < -0.3 is 25.2 Å². The van der Waals surface area contributed by atoms with Crippen molar-refractivity contribution in [3.8, 4) is 5.75 Å². The summed E-state index contributed by atoms with van der Waals surface area (Å²) >= 11 is 0. The predicted octanol–water partition coefficient (Wildman–Crippen LogP) is 4.77. The molecule has 2 aliphatic heterocycles. The second kappa shape index (κ2) is 12.4. The lowest BCUT2D eigenvalue weighted by atomic mass is 10.0. The minimum absolute atomic E-state index is 0.0649. The third kappa shape index (κ3) is 6.03. The maximum absolute atomic E-state index is 12.4. The topological polar surface area (TPSA) is 95.1 Å². The Labute approximate surface area is 235 Å². The van der Waals surface area contributed by atoms with Crippen LogP contribution in [0.1, 0.15) is 30.9 Å². The van der Waals surface area contributed by atoms with E-state index in [4.69, 9.17) is 9.57 Å². The van der Waals surface area contributed by atoms with Crippen LogP contribution in [0.3, 0.4) is 0 Å². The maximum atomic E-state index is 12.4. The minimum Gasteiger partial charge on any atom is -0.494 e. The van der Waals surface area contributed by atoms with Crippen LogP contribution in [-0.4, -0.2) is 67.7 Å². The lowest BCUT2D eigenvalue weighted by molar-refractivity contribution is -0.111. The van der Waals surface area contributed by atoms with Gasteiger partial charge in [-0.05, 0) is 44.6 Å². The average molecular weight is 544 g/mol. The molecule has 0 spiro atoms. The molecule has 5 rings (SSSR count). The number of hydrogen-bond donors (Lipinski definition) is 2. The molecule has 2 fully saturated rings. The van der Waals surface area contributed by atoms with Gasteiger partial charge in [0, 0.05) is 37.7 Å². The molecule has 0 radical (unpaired) electrons. The number of benzene rings is 2. The van der Waals surface area contributed by atoms with Crippen LogP contribution in [0.5, 0.6) is 5.75 Å². The monoisotopic (exact) mass is 543 g/mol. The zero-order valence-corrected chi connectivity index (χ0v) is 23.3. The molecule has 1 amide bonds. The molecular formula is C30H37N7O3. The highest BCUT2D eigenvalue weighted by molar-refractivity contribution is 6.02. The standard InChI is InChI=1S/C30H37N7O3/c1-5-30(38)34-23-17-24(27(39-4)18-26(23)36-14-11-22(12-15-36)35(2)3)33-28-19-29(32-20-31-28)37-25(13-16-40-37)21-9-7-6-8-10-21/h5-10,17-20,22,25H,1,11-16H2,2-4H3,(H,34,38)(H,31,32,33)/t25-/m1/s1. The van der Waals surface area contributed by atoms with Gasteiger partial charge in [0.05, 0.1) is 36.8 Å². The molecule has 1 aromatic heterocycles. The van der Waals surface area contributed by atoms with Crippen molar-refractivity contribution < 1.29 is 14.4 Å². The van der Waals surface area contributed by atoms with Crippen molar-refractivity contribution in [3.05, 3.63) is 73.1 Å². The molecule has 10 nitrogen and oxygen atoms in total. The average Bonchev–Trinajstić information content (AvgIpc) is 3.48. The van der Waals surface area contributed by atoms with Gasteiger partial charge in [0.25, 0.3) is 0 Å².